The molecule has 0 aromatic carbocycles. The summed E-state index contributed by atoms with van der Waals surface area (Å²) in [6.45, 7) is 5.12. The van der Waals surface area contributed by atoms with Gasteiger partial charge in [0.15, 0.2) is 5.82 Å². The van der Waals surface area contributed by atoms with Gasteiger partial charge in [0, 0.05) is 45.3 Å². The maximum absolute atomic E-state index is 12.8. The quantitative estimate of drug-likeness (QED) is 0.817. The Kier molecular flexibility index (Phi) is 4.78. The molecule has 1 N–H and O–H groups in total. The Hall–Kier alpha value is -2.19. The van der Waals surface area contributed by atoms with Crippen LogP contribution in [-0.4, -0.2) is 85.6 Å². The zero-order chi connectivity index (χ0) is 18.1. The molecular weight excluding hydrogens is 334 g/mol. The predicted octanol–water partition coefficient (Wildman–Crippen LogP) is 0.0192. The Balaban J connectivity index is 1.41. The molecule has 0 bridgehead atoms. The molecule has 0 aliphatic carbocycles. The van der Waals surface area contributed by atoms with Crippen molar-refractivity contribution >= 4 is 23.3 Å². The molecular formula is C18H25N5O3. The van der Waals surface area contributed by atoms with Crippen LogP contribution in [0.4, 0.5) is 11.5 Å². The van der Waals surface area contributed by atoms with E-state index in [2.05, 4.69) is 20.1 Å². The van der Waals surface area contributed by atoms with E-state index in [9.17, 15) is 9.59 Å². The first-order valence-corrected chi connectivity index (χ1v) is 9.18. The summed E-state index contributed by atoms with van der Waals surface area (Å²) in [5.41, 5.74) is 0.702. The molecule has 4 rings (SSSR count). The zero-order valence-electron chi connectivity index (χ0n) is 15.1. The average molecular weight is 359 g/mol. The van der Waals surface area contributed by atoms with Crippen LogP contribution in [-0.2, 0) is 14.3 Å². The van der Waals surface area contributed by atoms with E-state index in [1.807, 2.05) is 24.1 Å². The second-order valence-corrected chi connectivity index (χ2v) is 7.29. The Morgan fingerprint density at radius 3 is 2.77 bits per heavy atom. The Labute approximate surface area is 153 Å². The van der Waals surface area contributed by atoms with Gasteiger partial charge in [-0.2, -0.15) is 0 Å². The summed E-state index contributed by atoms with van der Waals surface area (Å²) in [6, 6.07) is 3.94. The third-order valence-corrected chi connectivity index (χ3v) is 5.37. The standard InChI is InChI=1S/C18H25N5O3/c1-21-11-14(12-21)23-10-13(9-16(23)24)18(25)20-15-3-2-4-19-17(15)22-5-7-26-8-6-22/h2-4,13-14H,5-12H2,1H3,(H,20,25). The molecule has 1 unspecified atom stereocenters. The minimum Gasteiger partial charge on any atom is -0.378 e. The number of hydrogen-bond donors (Lipinski definition) is 1. The first kappa shape index (κ1) is 17.2. The fourth-order valence-corrected chi connectivity index (χ4v) is 3.88. The van der Waals surface area contributed by atoms with Gasteiger partial charge in [-0.3, -0.25) is 9.59 Å². The van der Waals surface area contributed by atoms with Gasteiger partial charge in [0.05, 0.1) is 30.9 Å². The molecule has 3 saturated heterocycles. The molecule has 26 heavy (non-hydrogen) atoms. The number of rotatable bonds is 4. The maximum Gasteiger partial charge on any atom is 0.229 e. The number of morpholine rings is 1. The number of carbonyl (C=O) groups excluding carboxylic acids is 2. The highest BCUT2D eigenvalue weighted by molar-refractivity contribution is 5.99. The van der Waals surface area contributed by atoms with Gasteiger partial charge >= 0.3 is 0 Å². The number of carbonyl (C=O) groups is 2. The molecule has 1 atom stereocenters. The lowest BCUT2D eigenvalue weighted by Crippen LogP contribution is -2.58. The van der Waals surface area contributed by atoms with Crippen LogP contribution in [0.3, 0.4) is 0 Å². The number of ether oxygens (including phenoxy) is 1. The summed E-state index contributed by atoms with van der Waals surface area (Å²) < 4.78 is 5.39. The van der Waals surface area contributed by atoms with Gasteiger partial charge in [0.2, 0.25) is 11.8 Å². The van der Waals surface area contributed by atoms with Crippen molar-refractivity contribution in [3.05, 3.63) is 18.3 Å². The Morgan fingerprint density at radius 2 is 2.04 bits per heavy atom. The third kappa shape index (κ3) is 3.39. The topological polar surface area (TPSA) is 78.0 Å². The summed E-state index contributed by atoms with van der Waals surface area (Å²) in [5, 5.41) is 3.00. The van der Waals surface area contributed by atoms with Crippen molar-refractivity contribution < 1.29 is 14.3 Å². The monoisotopic (exact) mass is 359 g/mol. The number of hydrogen-bond acceptors (Lipinski definition) is 6. The number of amides is 2. The number of pyridine rings is 1. The highest BCUT2D eigenvalue weighted by Crippen LogP contribution is 2.28. The largest absolute Gasteiger partial charge is 0.378 e. The van der Waals surface area contributed by atoms with Crippen molar-refractivity contribution in [2.24, 2.45) is 5.92 Å². The number of nitrogens with one attached hydrogen (secondary N) is 1. The van der Waals surface area contributed by atoms with E-state index in [1.165, 1.54) is 0 Å². The van der Waals surface area contributed by atoms with Crippen molar-refractivity contribution in [2.75, 3.05) is 63.2 Å². The molecule has 1 aromatic heterocycles. The molecule has 1 aromatic rings. The zero-order valence-corrected chi connectivity index (χ0v) is 15.1. The molecule has 0 saturated carbocycles. The van der Waals surface area contributed by atoms with Gasteiger partial charge in [0.1, 0.15) is 0 Å². The highest BCUT2D eigenvalue weighted by atomic mass is 16.5. The molecule has 3 aliphatic heterocycles. The predicted molar refractivity (Wildman–Crippen MR) is 97.0 cm³/mol. The smallest absolute Gasteiger partial charge is 0.229 e. The second-order valence-electron chi connectivity index (χ2n) is 7.29. The highest BCUT2D eigenvalue weighted by Gasteiger charge is 2.41. The Bertz CT molecular complexity index is 685. The van der Waals surface area contributed by atoms with Crippen LogP contribution < -0.4 is 10.2 Å². The maximum atomic E-state index is 12.8. The minimum atomic E-state index is -0.300. The fraction of sp³-hybridized carbons (Fsp3) is 0.611. The van der Waals surface area contributed by atoms with Crippen LogP contribution >= 0.6 is 0 Å². The molecule has 8 heteroatoms. The van der Waals surface area contributed by atoms with Gasteiger partial charge in [-0.05, 0) is 19.2 Å². The first-order chi connectivity index (χ1) is 12.6. The van der Waals surface area contributed by atoms with Gasteiger partial charge in [0.25, 0.3) is 0 Å². The SMILES string of the molecule is CN1CC(N2CC(C(=O)Nc3cccnc3N3CCOCC3)CC2=O)C1. The summed E-state index contributed by atoms with van der Waals surface area (Å²) in [4.78, 5) is 35.7. The first-order valence-electron chi connectivity index (χ1n) is 9.18. The summed E-state index contributed by atoms with van der Waals surface area (Å²) in [5.74, 6) is 0.455. The third-order valence-electron chi connectivity index (χ3n) is 5.37. The lowest BCUT2D eigenvalue weighted by Gasteiger charge is -2.42. The molecule has 0 spiro atoms. The van der Waals surface area contributed by atoms with Crippen molar-refractivity contribution in [1.29, 1.82) is 0 Å². The number of likely N-dealkylation sites (tertiary alicyclic amines) is 2. The fourth-order valence-electron chi connectivity index (χ4n) is 3.88. The lowest BCUT2D eigenvalue weighted by molar-refractivity contribution is -0.132. The molecule has 2 amide bonds. The molecule has 3 aliphatic rings. The van der Waals surface area contributed by atoms with E-state index in [1.54, 1.807) is 6.20 Å². The number of aromatic nitrogens is 1. The molecule has 8 nitrogen and oxygen atoms in total. The van der Waals surface area contributed by atoms with E-state index >= 15 is 0 Å². The van der Waals surface area contributed by atoms with E-state index in [-0.39, 0.29) is 23.8 Å². The van der Waals surface area contributed by atoms with Gasteiger partial charge < -0.3 is 24.8 Å². The average Bonchev–Trinajstić information content (AvgIpc) is 3.02. The van der Waals surface area contributed by atoms with Gasteiger partial charge in [-0.25, -0.2) is 4.98 Å². The van der Waals surface area contributed by atoms with Crippen LogP contribution in [0.15, 0.2) is 18.3 Å². The van der Waals surface area contributed by atoms with Crippen molar-refractivity contribution in [3.8, 4) is 0 Å². The van der Waals surface area contributed by atoms with Gasteiger partial charge in [-0.1, -0.05) is 0 Å². The summed E-state index contributed by atoms with van der Waals surface area (Å²) >= 11 is 0. The minimum absolute atomic E-state index is 0.0860. The normalized spacial score (nSPS) is 24.7. The number of nitrogens with zero attached hydrogens (tertiary/aromatic N) is 4. The van der Waals surface area contributed by atoms with Crippen LogP contribution in [0.25, 0.3) is 0 Å². The van der Waals surface area contributed by atoms with Crippen LogP contribution in [0.1, 0.15) is 6.42 Å². The summed E-state index contributed by atoms with van der Waals surface area (Å²) in [6.07, 6.45) is 2.02. The van der Waals surface area contributed by atoms with E-state index < -0.39 is 0 Å². The summed E-state index contributed by atoms with van der Waals surface area (Å²) in [7, 11) is 2.04. The Morgan fingerprint density at radius 1 is 1.27 bits per heavy atom. The van der Waals surface area contributed by atoms with Crippen molar-refractivity contribution in [3.63, 3.8) is 0 Å². The molecule has 4 heterocycles. The number of anilines is 2. The van der Waals surface area contributed by atoms with Crippen LogP contribution in [0.5, 0.6) is 0 Å². The second kappa shape index (κ2) is 7.20. The van der Waals surface area contributed by atoms with Crippen LogP contribution in [0, 0.1) is 5.92 Å². The van der Waals surface area contributed by atoms with Crippen molar-refractivity contribution in [2.45, 2.75) is 12.5 Å². The van der Waals surface area contributed by atoms with Crippen LogP contribution in [0.2, 0.25) is 0 Å². The molecule has 140 valence electrons. The lowest BCUT2D eigenvalue weighted by atomic mass is 10.1. The van der Waals surface area contributed by atoms with E-state index in [0.717, 1.165) is 32.0 Å². The van der Waals surface area contributed by atoms with Crippen molar-refractivity contribution in [1.82, 2.24) is 14.8 Å². The van der Waals surface area contributed by atoms with Gasteiger partial charge in [-0.15, -0.1) is 0 Å². The molecule has 0 radical (unpaired) electrons. The van der Waals surface area contributed by atoms with E-state index in [0.29, 0.717) is 31.9 Å². The number of likely N-dealkylation sites (N-methyl/N-ethyl adjacent to an activating group) is 1. The molecule has 3 fully saturated rings. The van der Waals surface area contributed by atoms with E-state index in [4.69, 9.17) is 4.74 Å².